The summed E-state index contributed by atoms with van der Waals surface area (Å²) in [6, 6.07) is 10.0. The van der Waals surface area contributed by atoms with Gasteiger partial charge in [-0.3, -0.25) is 0 Å². The maximum atomic E-state index is 5.97. The van der Waals surface area contributed by atoms with Crippen LogP contribution in [-0.2, 0) is 0 Å². The van der Waals surface area contributed by atoms with E-state index in [1.165, 1.54) is 57.1 Å². The third-order valence-electron chi connectivity index (χ3n) is 4.60. The van der Waals surface area contributed by atoms with Gasteiger partial charge in [0.2, 0.25) is 0 Å². The Labute approximate surface area is 110 Å². The average molecular weight is 244 g/mol. The Bertz CT molecular complexity index is 374. The first-order valence-electron chi connectivity index (χ1n) is 7.48. The Morgan fingerprint density at radius 1 is 0.889 bits per heavy atom. The molecule has 18 heavy (non-hydrogen) atoms. The predicted octanol–water partition coefficient (Wildman–Crippen LogP) is 3.96. The average Bonchev–Trinajstić information content (AvgIpc) is 3.02. The molecule has 0 aliphatic heterocycles. The molecule has 3 rings (SSSR count). The first-order chi connectivity index (χ1) is 8.84. The van der Waals surface area contributed by atoms with Crippen molar-refractivity contribution in [3.8, 4) is 0 Å². The summed E-state index contributed by atoms with van der Waals surface area (Å²) in [6.45, 7) is 0. The van der Waals surface area contributed by atoms with E-state index in [1.54, 1.807) is 0 Å². The summed E-state index contributed by atoms with van der Waals surface area (Å²) >= 11 is 0. The van der Waals surface area contributed by atoms with E-state index in [9.17, 15) is 0 Å². The van der Waals surface area contributed by atoms with Gasteiger partial charge in [0.15, 0.2) is 0 Å². The smallest absolute Gasteiger partial charge is 0.0391 e. The van der Waals surface area contributed by atoms with Gasteiger partial charge >= 0.3 is 0 Å². The number of nitrogens with two attached hydrogens (primary N) is 1. The fourth-order valence-corrected chi connectivity index (χ4v) is 3.77. The molecule has 2 nitrogen and oxygen atoms in total. The van der Waals surface area contributed by atoms with E-state index in [-0.39, 0.29) is 0 Å². The van der Waals surface area contributed by atoms with Gasteiger partial charge in [0.05, 0.1) is 0 Å². The zero-order chi connectivity index (χ0) is 12.4. The van der Waals surface area contributed by atoms with Crippen molar-refractivity contribution in [2.45, 2.75) is 63.5 Å². The van der Waals surface area contributed by atoms with E-state index in [1.807, 2.05) is 6.07 Å². The number of hydrogen-bond acceptors (Lipinski definition) is 2. The van der Waals surface area contributed by atoms with E-state index >= 15 is 0 Å². The lowest BCUT2D eigenvalue weighted by molar-refractivity contribution is 0.513. The van der Waals surface area contributed by atoms with Crippen LogP contribution in [0.5, 0.6) is 0 Å². The van der Waals surface area contributed by atoms with Crippen LogP contribution in [0.1, 0.15) is 51.4 Å². The Kier molecular flexibility index (Phi) is 3.44. The molecule has 0 aromatic heterocycles. The lowest BCUT2D eigenvalue weighted by Crippen LogP contribution is -2.40. The van der Waals surface area contributed by atoms with Crippen LogP contribution in [0, 0.1) is 0 Å². The molecule has 98 valence electrons. The molecule has 2 fully saturated rings. The number of nitrogen functional groups attached to an aromatic ring is 1. The third-order valence-corrected chi connectivity index (χ3v) is 4.60. The minimum atomic E-state index is 0.759. The summed E-state index contributed by atoms with van der Waals surface area (Å²) < 4.78 is 0. The number of rotatable bonds is 3. The van der Waals surface area contributed by atoms with Gasteiger partial charge in [-0.05, 0) is 43.9 Å². The monoisotopic (exact) mass is 244 g/mol. The van der Waals surface area contributed by atoms with Gasteiger partial charge in [-0.25, -0.2) is 0 Å². The second kappa shape index (κ2) is 5.21. The Morgan fingerprint density at radius 2 is 1.44 bits per heavy atom. The maximum Gasteiger partial charge on any atom is 0.0391 e. The maximum absolute atomic E-state index is 5.97. The fraction of sp³-hybridized carbons (Fsp3) is 0.625. The van der Waals surface area contributed by atoms with Gasteiger partial charge in [0.1, 0.15) is 0 Å². The summed E-state index contributed by atoms with van der Waals surface area (Å²) in [6.07, 6.45) is 11.1. The minimum absolute atomic E-state index is 0.759. The SMILES string of the molecule is Nc1cccc(N(C2CCCC2)C2CCCC2)c1. The molecule has 0 radical (unpaired) electrons. The quantitative estimate of drug-likeness (QED) is 0.815. The molecule has 1 aromatic rings. The standard InChI is InChI=1S/C16H24N2/c17-13-6-5-11-16(12-13)18(14-7-1-2-8-14)15-9-3-4-10-15/h5-6,11-12,14-15H,1-4,7-10,17H2. The molecule has 0 unspecified atom stereocenters. The number of benzene rings is 1. The van der Waals surface area contributed by atoms with Crippen LogP contribution in [0.25, 0.3) is 0 Å². The van der Waals surface area contributed by atoms with Crippen molar-refractivity contribution in [1.29, 1.82) is 0 Å². The van der Waals surface area contributed by atoms with Crippen LogP contribution < -0.4 is 10.6 Å². The van der Waals surface area contributed by atoms with Crippen LogP contribution in [0.3, 0.4) is 0 Å². The Hall–Kier alpha value is -1.18. The molecule has 0 spiro atoms. The van der Waals surface area contributed by atoms with E-state index in [0.29, 0.717) is 0 Å². The molecular formula is C16H24N2. The largest absolute Gasteiger partial charge is 0.399 e. The zero-order valence-corrected chi connectivity index (χ0v) is 11.1. The molecule has 2 saturated carbocycles. The van der Waals surface area contributed by atoms with Crippen LogP contribution >= 0.6 is 0 Å². The zero-order valence-electron chi connectivity index (χ0n) is 11.1. The number of nitrogens with zero attached hydrogens (tertiary/aromatic N) is 1. The third kappa shape index (κ3) is 2.33. The topological polar surface area (TPSA) is 29.3 Å². The number of anilines is 2. The first-order valence-corrected chi connectivity index (χ1v) is 7.48. The van der Waals surface area contributed by atoms with Crippen molar-refractivity contribution in [3.05, 3.63) is 24.3 Å². The van der Waals surface area contributed by atoms with Crippen LogP contribution in [0.15, 0.2) is 24.3 Å². The van der Waals surface area contributed by atoms with Gasteiger partial charge in [-0.15, -0.1) is 0 Å². The van der Waals surface area contributed by atoms with Gasteiger partial charge in [-0.1, -0.05) is 31.7 Å². The molecular weight excluding hydrogens is 220 g/mol. The molecule has 0 amide bonds. The van der Waals surface area contributed by atoms with Crippen LogP contribution in [0.2, 0.25) is 0 Å². The van der Waals surface area contributed by atoms with Crippen molar-refractivity contribution in [1.82, 2.24) is 0 Å². The second-order valence-electron chi connectivity index (χ2n) is 5.88. The van der Waals surface area contributed by atoms with Gasteiger partial charge in [-0.2, -0.15) is 0 Å². The molecule has 1 aromatic carbocycles. The molecule has 2 heteroatoms. The summed E-state index contributed by atoms with van der Waals surface area (Å²) in [7, 11) is 0. The fourth-order valence-electron chi connectivity index (χ4n) is 3.77. The summed E-state index contributed by atoms with van der Waals surface area (Å²) in [5.74, 6) is 0. The second-order valence-corrected chi connectivity index (χ2v) is 5.88. The molecule has 0 bridgehead atoms. The van der Waals surface area contributed by atoms with E-state index < -0.39 is 0 Å². The molecule has 0 atom stereocenters. The highest BCUT2D eigenvalue weighted by Crippen LogP contribution is 2.35. The summed E-state index contributed by atoms with van der Waals surface area (Å²) in [5, 5.41) is 0. The van der Waals surface area contributed by atoms with Crippen molar-refractivity contribution in [3.63, 3.8) is 0 Å². The Morgan fingerprint density at radius 3 is 1.94 bits per heavy atom. The van der Waals surface area contributed by atoms with Crippen molar-refractivity contribution in [2.24, 2.45) is 0 Å². The normalized spacial score (nSPS) is 21.6. The summed E-state index contributed by atoms with van der Waals surface area (Å²) in [4.78, 5) is 2.70. The van der Waals surface area contributed by atoms with Crippen LogP contribution in [-0.4, -0.2) is 12.1 Å². The molecule has 2 N–H and O–H groups in total. The van der Waals surface area contributed by atoms with E-state index in [0.717, 1.165) is 17.8 Å². The van der Waals surface area contributed by atoms with Gasteiger partial charge in [0.25, 0.3) is 0 Å². The minimum Gasteiger partial charge on any atom is -0.399 e. The molecule has 0 saturated heterocycles. The number of hydrogen-bond donors (Lipinski definition) is 1. The van der Waals surface area contributed by atoms with Gasteiger partial charge in [0, 0.05) is 23.5 Å². The first kappa shape index (κ1) is 11.9. The molecule has 2 aliphatic carbocycles. The summed E-state index contributed by atoms with van der Waals surface area (Å²) in [5.41, 5.74) is 8.22. The lowest BCUT2D eigenvalue weighted by atomic mass is 10.1. The molecule has 0 heterocycles. The lowest BCUT2D eigenvalue weighted by Gasteiger charge is -2.37. The highest BCUT2D eigenvalue weighted by molar-refractivity contribution is 5.57. The van der Waals surface area contributed by atoms with Gasteiger partial charge < -0.3 is 10.6 Å². The van der Waals surface area contributed by atoms with Crippen LogP contribution in [0.4, 0.5) is 11.4 Å². The highest BCUT2D eigenvalue weighted by atomic mass is 15.2. The van der Waals surface area contributed by atoms with E-state index in [4.69, 9.17) is 5.73 Å². The van der Waals surface area contributed by atoms with Crippen molar-refractivity contribution in [2.75, 3.05) is 10.6 Å². The van der Waals surface area contributed by atoms with Crippen molar-refractivity contribution >= 4 is 11.4 Å². The molecule has 2 aliphatic rings. The van der Waals surface area contributed by atoms with E-state index in [2.05, 4.69) is 23.1 Å². The highest BCUT2D eigenvalue weighted by Gasteiger charge is 2.30. The van der Waals surface area contributed by atoms with Crippen molar-refractivity contribution < 1.29 is 0 Å². The Balaban J connectivity index is 1.88. The predicted molar refractivity (Wildman–Crippen MR) is 77.8 cm³/mol.